The summed E-state index contributed by atoms with van der Waals surface area (Å²) in [5, 5.41) is 2.27. The molecule has 1 heterocycles. The van der Waals surface area contributed by atoms with Gasteiger partial charge in [0.05, 0.1) is 0 Å². The molecule has 0 bridgehead atoms. The van der Waals surface area contributed by atoms with E-state index in [2.05, 4.69) is 51.7 Å². The van der Waals surface area contributed by atoms with Crippen molar-refractivity contribution in [1.82, 2.24) is 4.98 Å². The van der Waals surface area contributed by atoms with E-state index in [4.69, 9.17) is 11.6 Å². The molecule has 192 valence electrons. The monoisotopic (exact) mass is 493 g/mol. The fourth-order valence-electron chi connectivity index (χ4n) is 10.1. The second-order valence-corrected chi connectivity index (χ2v) is 14.9. The first kappa shape index (κ1) is 24.4. The number of hydrogen-bond donors (Lipinski definition) is 1. The molecule has 8 atom stereocenters. The van der Waals surface area contributed by atoms with Gasteiger partial charge in [0.1, 0.15) is 0 Å². The average Bonchev–Trinajstić information content (AvgIpc) is 3.34. The van der Waals surface area contributed by atoms with Crippen molar-refractivity contribution in [2.45, 2.75) is 105 Å². The molecule has 0 saturated heterocycles. The predicted octanol–water partition coefficient (Wildman–Crippen LogP) is 9.86. The molecule has 8 unspecified atom stereocenters. The summed E-state index contributed by atoms with van der Waals surface area (Å²) in [6.45, 7) is 12.7. The summed E-state index contributed by atoms with van der Waals surface area (Å²) in [7, 11) is 0. The standard InChI is InChI=1S/C33H48ClN/c1-20(2)7-6-8-21(3)22-15-29-25-11-9-23-16-31-27(26-17-24(34)10-12-30(26)35-31)19-33(23,5)28(25)13-14-32(29,4)18-22/h10,12,17,20-23,25,28-29,35H,6-9,11,13-16,18-19H2,1-5H3. The second kappa shape index (κ2) is 8.82. The topological polar surface area (TPSA) is 15.8 Å². The third-order valence-corrected chi connectivity index (χ3v) is 12.3. The van der Waals surface area contributed by atoms with E-state index in [1.807, 2.05) is 6.07 Å². The SMILES string of the molecule is CC(C)CCCC(C)C1CC2C3CCC4Cc5[nH]c6ccc(Cl)cc6c5CC4(C)C3CCC2(C)C1. The lowest BCUT2D eigenvalue weighted by Crippen LogP contribution is -2.53. The summed E-state index contributed by atoms with van der Waals surface area (Å²) in [5.41, 5.74) is 5.46. The Morgan fingerprint density at radius 1 is 1.06 bits per heavy atom. The first-order valence-electron chi connectivity index (χ1n) is 15.0. The number of halogens is 1. The molecule has 1 aromatic heterocycles. The van der Waals surface area contributed by atoms with Crippen molar-refractivity contribution < 1.29 is 0 Å². The highest BCUT2D eigenvalue weighted by molar-refractivity contribution is 6.31. The third-order valence-electron chi connectivity index (χ3n) is 12.1. The molecule has 4 aliphatic carbocycles. The fourth-order valence-corrected chi connectivity index (χ4v) is 10.2. The van der Waals surface area contributed by atoms with Gasteiger partial charge in [0.25, 0.3) is 0 Å². The highest BCUT2D eigenvalue weighted by atomic mass is 35.5. The summed E-state index contributed by atoms with van der Waals surface area (Å²) in [6, 6.07) is 6.45. The first-order chi connectivity index (χ1) is 16.7. The summed E-state index contributed by atoms with van der Waals surface area (Å²) in [4.78, 5) is 3.79. The van der Waals surface area contributed by atoms with Crippen molar-refractivity contribution in [1.29, 1.82) is 0 Å². The minimum atomic E-state index is 0.454. The Balaban J connectivity index is 1.24. The van der Waals surface area contributed by atoms with Gasteiger partial charge in [0.2, 0.25) is 0 Å². The number of fused-ring (bicyclic) bond motifs is 8. The zero-order valence-corrected chi connectivity index (χ0v) is 23.7. The fraction of sp³-hybridized carbons (Fsp3) is 0.758. The molecule has 3 fully saturated rings. The van der Waals surface area contributed by atoms with E-state index >= 15 is 0 Å². The van der Waals surface area contributed by atoms with Gasteiger partial charge >= 0.3 is 0 Å². The minimum absolute atomic E-state index is 0.454. The second-order valence-electron chi connectivity index (χ2n) is 14.5. The van der Waals surface area contributed by atoms with E-state index in [9.17, 15) is 0 Å². The number of aromatic amines is 1. The number of rotatable bonds is 5. The van der Waals surface area contributed by atoms with E-state index in [-0.39, 0.29) is 0 Å². The number of hydrogen-bond acceptors (Lipinski definition) is 0. The van der Waals surface area contributed by atoms with Crippen molar-refractivity contribution in [3.63, 3.8) is 0 Å². The van der Waals surface area contributed by atoms with Gasteiger partial charge in [0.15, 0.2) is 0 Å². The molecule has 0 radical (unpaired) electrons. The van der Waals surface area contributed by atoms with Crippen molar-refractivity contribution in [2.75, 3.05) is 0 Å². The highest BCUT2D eigenvalue weighted by Gasteiger charge is 2.59. The van der Waals surface area contributed by atoms with Gasteiger partial charge in [-0.25, -0.2) is 0 Å². The molecule has 0 amide bonds. The molecule has 4 aliphatic rings. The summed E-state index contributed by atoms with van der Waals surface area (Å²) in [5.74, 6) is 6.41. The van der Waals surface area contributed by atoms with E-state index < -0.39 is 0 Å². The van der Waals surface area contributed by atoms with Crippen LogP contribution in [-0.2, 0) is 12.8 Å². The Morgan fingerprint density at radius 2 is 1.89 bits per heavy atom. The maximum atomic E-state index is 6.45. The maximum absolute atomic E-state index is 6.45. The predicted molar refractivity (Wildman–Crippen MR) is 150 cm³/mol. The number of H-pyrrole nitrogens is 1. The van der Waals surface area contributed by atoms with Crippen molar-refractivity contribution in [3.8, 4) is 0 Å². The molecule has 6 rings (SSSR count). The number of benzene rings is 1. The molecule has 1 N–H and O–H groups in total. The lowest BCUT2D eigenvalue weighted by molar-refractivity contribution is -0.0900. The average molecular weight is 494 g/mol. The number of nitrogens with one attached hydrogen (secondary N) is 1. The van der Waals surface area contributed by atoms with Crippen molar-refractivity contribution >= 4 is 22.5 Å². The zero-order chi connectivity index (χ0) is 24.5. The van der Waals surface area contributed by atoms with Gasteiger partial charge in [-0.1, -0.05) is 65.5 Å². The van der Waals surface area contributed by atoms with Crippen LogP contribution < -0.4 is 0 Å². The molecule has 0 spiro atoms. The lowest BCUT2D eigenvalue weighted by Gasteiger charge is -2.59. The molecule has 0 aliphatic heterocycles. The molecule has 1 aromatic carbocycles. The molecular weight excluding hydrogens is 446 g/mol. The first-order valence-corrected chi connectivity index (χ1v) is 15.3. The van der Waals surface area contributed by atoms with Gasteiger partial charge in [0, 0.05) is 21.6 Å². The number of aromatic nitrogens is 1. The molecule has 2 heteroatoms. The molecular formula is C33H48ClN. The van der Waals surface area contributed by atoms with Crippen LogP contribution in [0.15, 0.2) is 18.2 Å². The van der Waals surface area contributed by atoms with Crippen molar-refractivity contribution in [2.24, 2.45) is 52.3 Å². The van der Waals surface area contributed by atoms with E-state index in [0.717, 1.165) is 46.4 Å². The Labute approximate surface area is 219 Å². The van der Waals surface area contributed by atoms with Gasteiger partial charge in [-0.2, -0.15) is 0 Å². The summed E-state index contributed by atoms with van der Waals surface area (Å²) in [6.07, 6.45) is 15.7. The Bertz CT molecular complexity index is 1080. The smallest absolute Gasteiger partial charge is 0.0460 e. The van der Waals surface area contributed by atoms with Crippen LogP contribution in [0.4, 0.5) is 0 Å². The van der Waals surface area contributed by atoms with Gasteiger partial charge in [-0.05, 0) is 127 Å². The molecule has 3 saturated carbocycles. The van der Waals surface area contributed by atoms with Crippen LogP contribution in [0.3, 0.4) is 0 Å². The maximum Gasteiger partial charge on any atom is 0.0460 e. The lowest BCUT2D eigenvalue weighted by atomic mass is 9.45. The van der Waals surface area contributed by atoms with Crippen LogP contribution in [0, 0.1) is 52.3 Å². The quantitative estimate of drug-likeness (QED) is 0.426. The third kappa shape index (κ3) is 4.02. The minimum Gasteiger partial charge on any atom is -0.358 e. The van der Waals surface area contributed by atoms with Crippen LogP contribution in [0.2, 0.25) is 5.02 Å². The van der Waals surface area contributed by atoms with Crippen LogP contribution in [0.5, 0.6) is 0 Å². The van der Waals surface area contributed by atoms with Gasteiger partial charge in [-0.15, -0.1) is 0 Å². The van der Waals surface area contributed by atoms with E-state index in [1.54, 1.807) is 5.56 Å². The van der Waals surface area contributed by atoms with Crippen LogP contribution >= 0.6 is 11.6 Å². The van der Waals surface area contributed by atoms with Gasteiger partial charge < -0.3 is 4.98 Å². The highest BCUT2D eigenvalue weighted by Crippen LogP contribution is 2.67. The normalized spacial score (nSPS) is 39.2. The molecule has 1 nitrogen and oxygen atoms in total. The van der Waals surface area contributed by atoms with Crippen LogP contribution in [0.1, 0.15) is 104 Å². The molecule has 35 heavy (non-hydrogen) atoms. The van der Waals surface area contributed by atoms with E-state index in [0.29, 0.717) is 10.8 Å². The Morgan fingerprint density at radius 3 is 2.69 bits per heavy atom. The van der Waals surface area contributed by atoms with Crippen LogP contribution in [-0.4, -0.2) is 4.98 Å². The van der Waals surface area contributed by atoms with Gasteiger partial charge in [-0.3, -0.25) is 0 Å². The largest absolute Gasteiger partial charge is 0.358 e. The van der Waals surface area contributed by atoms with Crippen LogP contribution in [0.25, 0.3) is 10.9 Å². The summed E-state index contributed by atoms with van der Waals surface area (Å²) < 4.78 is 0. The Hall–Kier alpha value is -0.950. The zero-order valence-electron chi connectivity index (χ0n) is 22.9. The molecule has 2 aromatic rings. The van der Waals surface area contributed by atoms with Crippen molar-refractivity contribution in [3.05, 3.63) is 34.5 Å². The summed E-state index contributed by atoms with van der Waals surface area (Å²) >= 11 is 6.45. The van der Waals surface area contributed by atoms with E-state index in [1.165, 1.54) is 87.2 Å². The Kier molecular flexibility index (Phi) is 6.14.